The zero-order valence-corrected chi connectivity index (χ0v) is 16.8. The van der Waals surface area contributed by atoms with Crippen LogP contribution in [0.1, 0.15) is 26.0 Å². The van der Waals surface area contributed by atoms with E-state index in [1.165, 1.54) is 6.33 Å². The van der Waals surface area contributed by atoms with Crippen LogP contribution in [0.15, 0.2) is 11.1 Å². The average Bonchev–Trinajstić information content (AvgIpc) is 3.11. The van der Waals surface area contributed by atoms with Crippen LogP contribution in [-0.4, -0.2) is 61.0 Å². The minimum absolute atomic E-state index is 0.158. The van der Waals surface area contributed by atoms with Crippen LogP contribution in [0.5, 0.6) is 0 Å². The fourth-order valence-electron chi connectivity index (χ4n) is 3.17. The van der Waals surface area contributed by atoms with E-state index in [0.29, 0.717) is 21.7 Å². The number of hydrogen-bond donors (Lipinski definition) is 3. The Labute approximate surface area is 162 Å². The van der Waals surface area contributed by atoms with Crippen molar-refractivity contribution >= 4 is 40.7 Å². The Morgan fingerprint density at radius 1 is 1.48 bits per heavy atom. The molecule has 0 saturated carbocycles. The Hall–Kier alpha value is -1.14. The maximum atomic E-state index is 11.7. The van der Waals surface area contributed by atoms with E-state index in [-0.39, 0.29) is 6.61 Å². The van der Waals surface area contributed by atoms with Gasteiger partial charge in [-0.15, -0.1) is 0 Å². The molecule has 0 aromatic carbocycles. The fourth-order valence-corrected chi connectivity index (χ4v) is 4.68. The van der Waals surface area contributed by atoms with Crippen LogP contribution in [0, 0.1) is 0 Å². The molecule has 0 aliphatic carbocycles. The molecule has 11 nitrogen and oxygen atoms in total. The van der Waals surface area contributed by atoms with Crippen LogP contribution in [0.4, 0.5) is 5.82 Å². The van der Waals surface area contributed by atoms with E-state index in [4.69, 9.17) is 13.8 Å². The molecule has 2 aromatic heterocycles. The highest BCUT2D eigenvalue weighted by Crippen LogP contribution is 2.52. The lowest BCUT2D eigenvalue weighted by Gasteiger charge is -2.27. The van der Waals surface area contributed by atoms with E-state index >= 15 is 0 Å². The van der Waals surface area contributed by atoms with Gasteiger partial charge in [-0.1, -0.05) is 13.3 Å². The largest absolute Gasteiger partial charge is 0.472 e. The summed E-state index contributed by atoms with van der Waals surface area (Å²) in [6.07, 6.45) is -0.378. The highest BCUT2D eigenvalue weighted by Gasteiger charge is 2.53. The first-order valence-electron chi connectivity index (χ1n) is 8.53. The molecular formula is C14H19BrN5O6P. The summed E-state index contributed by atoms with van der Waals surface area (Å²) in [5.41, 5.74) is 0.975. The van der Waals surface area contributed by atoms with Crippen molar-refractivity contribution < 1.29 is 28.3 Å². The quantitative estimate of drug-likeness (QED) is 0.339. The number of phosphoric ester groups is 1. The summed E-state index contributed by atoms with van der Waals surface area (Å²) in [6.45, 7) is 2.68. The molecule has 0 amide bonds. The third kappa shape index (κ3) is 3.51. The predicted octanol–water partition coefficient (Wildman–Crippen LogP) is 1.57. The first-order valence-corrected chi connectivity index (χ1v) is 10.8. The van der Waals surface area contributed by atoms with Crippen LogP contribution in [0.2, 0.25) is 0 Å². The summed E-state index contributed by atoms with van der Waals surface area (Å²) in [5.74, 6) is 0.581. The van der Waals surface area contributed by atoms with E-state index < -0.39 is 32.4 Å². The van der Waals surface area contributed by atoms with Gasteiger partial charge in [0.25, 0.3) is 0 Å². The molecule has 4 heterocycles. The zero-order chi connectivity index (χ0) is 19.2. The Morgan fingerprint density at radius 3 is 3.07 bits per heavy atom. The SMILES string of the molecule is CCCCNc1ncnc2c1nc(Br)n2[C@@H]1O[C@@H]2COP(=O)(O)O[C@H]2[C@H]1O. The van der Waals surface area contributed by atoms with Crippen molar-refractivity contribution in [3.63, 3.8) is 0 Å². The molecule has 13 heteroatoms. The summed E-state index contributed by atoms with van der Waals surface area (Å²) in [4.78, 5) is 22.5. The van der Waals surface area contributed by atoms with Crippen LogP contribution in [-0.2, 0) is 18.3 Å². The normalized spacial score (nSPS) is 33.3. The molecule has 0 bridgehead atoms. The first-order chi connectivity index (χ1) is 12.9. The number of aromatic nitrogens is 4. The molecule has 2 fully saturated rings. The van der Waals surface area contributed by atoms with Crippen LogP contribution < -0.4 is 5.32 Å². The second kappa shape index (κ2) is 7.36. The average molecular weight is 464 g/mol. The van der Waals surface area contributed by atoms with Crippen LogP contribution in [0.3, 0.4) is 0 Å². The van der Waals surface area contributed by atoms with Gasteiger partial charge in [0.2, 0.25) is 0 Å². The van der Waals surface area contributed by atoms with Gasteiger partial charge in [-0.05, 0) is 22.4 Å². The molecule has 1 unspecified atom stereocenters. The van der Waals surface area contributed by atoms with Crippen LogP contribution >= 0.6 is 23.8 Å². The lowest BCUT2D eigenvalue weighted by molar-refractivity contribution is -0.0669. The van der Waals surface area contributed by atoms with Gasteiger partial charge in [0, 0.05) is 6.54 Å². The maximum absolute atomic E-state index is 11.7. The third-order valence-electron chi connectivity index (χ3n) is 4.48. The van der Waals surface area contributed by atoms with E-state index in [1.54, 1.807) is 4.57 Å². The topological polar surface area (TPSA) is 141 Å². The molecule has 2 aliphatic rings. The molecule has 2 aromatic rings. The monoisotopic (exact) mass is 463 g/mol. The smallest absolute Gasteiger partial charge is 0.386 e. The lowest BCUT2D eigenvalue weighted by Crippen LogP contribution is -2.39. The number of rotatable bonds is 5. The highest BCUT2D eigenvalue weighted by atomic mass is 79.9. The molecule has 3 N–H and O–H groups in total. The number of ether oxygens (including phenoxy) is 1. The van der Waals surface area contributed by atoms with Crippen molar-refractivity contribution in [2.24, 2.45) is 0 Å². The second-order valence-electron chi connectivity index (χ2n) is 6.32. The lowest BCUT2D eigenvalue weighted by atomic mass is 10.1. The standard InChI is InChI=1S/C14H19BrN5O6P/c1-2-3-4-16-11-8-12(18-6-17-11)20(14(15)19-8)13-9(21)10-7(25-13)5-24-27(22,23)26-10/h6-7,9-10,13,21H,2-5H2,1H3,(H,22,23)(H,16,17,18)/t7-,9-,10-,13-/m1/s1. The molecular weight excluding hydrogens is 445 g/mol. The number of fused-ring (bicyclic) bond motifs is 2. The highest BCUT2D eigenvalue weighted by molar-refractivity contribution is 9.10. The number of aliphatic hydroxyl groups excluding tert-OH is 1. The summed E-state index contributed by atoms with van der Waals surface area (Å²) < 4.78 is 29.2. The zero-order valence-electron chi connectivity index (χ0n) is 14.4. The Bertz CT molecular complexity index is 896. The van der Waals surface area contributed by atoms with Crippen LogP contribution in [0.25, 0.3) is 11.2 Å². The molecule has 2 saturated heterocycles. The molecule has 27 heavy (non-hydrogen) atoms. The molecule has 0 radical (unpaired) electrons. The molecule has 0 spiro atoms. The Morgan fingerprint density at radius 2 is 2.30 bits per heavy atom. The van der Waals surface area contributed by atoms with Crippen molar-refractivity contribution in [1.82, 2.24) is 19.5 Å². The van der Waals surface area contributed by atoms with Gasteiger partial charge in [-0.2, -0.15) is 0 Å². The van der Waals surface area contributed by atoms with Gasteiger partial charge in [0.1, 0.15) is 24.6 Å². The molecule has 148 valence electrons. The number of imidazole rings is 1. The van der Waals surface area contributed by atoms with Crippen molar-refractivity contribution in [3.8, 4) is 0 Å². The number of halogens is 1. The number of anilines is 1. The van der Waals surface area contributed by atoms with Gasteiger partial charge >= 0.3 is 7.82 Å². The summed E-state index contributed by atoms with van der Waals surface area (Å²) >= 11 is 3.37. The van der Waals surface area contributed by atoms with E-state index in [1.807, 2.05) is 0 Å². The van der Waals surface area contributed by atoms with Crippen molar-refractivity contribution in [1.29, 1.82) is 0 Å². The Kier molecular flexibility index (Phi) is 5.23. The van der Waals surface area contributed by atoms with Gasteiger partial charge < -0.3 is 20.1 Å². The number of unbranched alkanes of at least 4 members (excludes halogenated alkanes) is 1. The number of hydrogen-bond acceptors (Lipinski definition) is 9. The predicted molar refractivity (Wildman–Crippen MR) is 97.0 cm³/mol. The number of nitrogens with zero attached hydrogens (tertiary/aromatic N) is 4. The van der Waals surface area contributed by atoms with Gasteiger partial charge in [0.05, 0.1) is 6.61 Å². The van der Waals surface area contributed by atoms with E-state index in [0.717, 1.165) is 19.4 Å². The van der Waals surface area contributed by atoms with E-state index in [2.05, 4.69) is 43.1 Å². The number of nitrogens with one attached hydrogen (secondary N) is 1. The Balaban J connectivity index is 1.67. The van der Waals surface area contributed by atoms with Gasteiger partial charge in [-0.25, -0.2) is 19.5 Å². The fraction of sp³-hybridized carbons (Fsp3) is 0.643. The maximum Gasteiger partial charge on any atom is 0.472 e. The van der Waals surface area contributed by atoms with Gasteiger partial charge in [-0.3, -0.25) is 13.6 Å². The molecule has 5 atom stereocenters. The summed E-state index contributed by atoms with van der Waals surface area (Å²) in [6, 6.07) is 0. The van der Waals surface area contributed by atoms with Gasteiger partial charge in [0.15, 0.2) is 27.9 Å². The van der Waals surface area contributed by atoms with Crippen molar-refractivity contribution in [2.45, 2.75) is 44.3 Å². The molecule has 2 aliphatic heterocycles. The number of phosphoric acid groups is 1. The third-order valence-corrected chi connectivity index (χ3v) is 6.02. The minimum atomic E-state index is -4.19. The minimum Gasteiger partial charge on any atom is -0.386 e. The molecule has 4 rings (SSSR count). The van der Waals surface area contributed by atoms with E-state index in [9.17, 15) is 14.6 Å². The summed E-state index contributed by atoms with van der Waals surface area (Å²) in [7, 11) is -4.19. The van der Waals surface area contributed by atoms with Crippen molar-refractivity contribution in [3.05, 3.63) is 11.1 Å². The first kappa shape index (κ1) is 19.2. The number of aliphatic hydroxyl groups is 1. The summed E-state index contributed by atoms with van der Waals surface area (Å²) in [5, 5.41) is 13.9. The van der Waals surface area contributed by atoms with Crippen molar-refractivity contribution in [2.75, 3.05) is 18.5 Å². The second-order valence-corrected chi connectivity index (χ2v) is 8.43.